The third kappa shape index (κ3) is 2.38. The van der Waals surface area contributed by atoms with Crippen LogP contribution in [0.15, 0.2) is 0 Å². The number of halogens is 12. The molecule has 104 valence electrons. The molecule has 0 aromatic rings. The predicted molar refractivity (Wildman–Crippen MR) is 36.4 cm³/mol. The molecule has 0 saturated carbocycles. The molecule has 0 aliphatic heterocycles. The highest BCUT2D eigenvalue weighted by Gasteiger charge is 2.84. The zero-order chi connectivity index (χ0) is 14.5. The van der Waals surface area contributed by atoms with Crippen LogP contribution in [0, 0.1) is 0 Å². The van der Waals surface area contributed by atoms with Gasteiger partial charge in [-0.15, -0.1) is 0 Å². The molecule has 0 bridgehead atoms. The average Bonchev–Trinajstić information content (AvgIpc) is 1.98. The molecule has 0 aliphatic carbocycles. The van der Waals surface area contributed by atoms with Crippen LogP contribution in [0.3, 0.4) is 0 Å². The number of hydrogen-bond acceptors (Lipinski definition) is 0. The van der Waals surface area contributed by atoms with Gasteiger partial charge in [0.1, 0.15) is 0 Å². The van der Waals surface area contributed by atoms with Crippen LogP contribution in [0.4, 0.5) is 43.9 Å². The summed E-state index contributed by atoms with van der Waals surface area (Å²) in [5.41, 5.74) is 0. The fourth-order valence-electron chi connectivity index (χ4n) is 0.553. The first-order chi connectivity index (χ1) is 7.00. The fourth-order valence-corrected chi connectivity index (χ4v) is 0.886. The maximum atomic E-state index is 12.7. The minimum Gasteiger partial charge on any atom is -0.213 e. The molecule has 0 saturated heterocycles. The SMILES string of the molecule is FC(F)(F)C(F)(F)C(F)(Cl)C(F)(Cl)C(F)(F)F. The zero-order valence-electron chi connectivity index (χ0n) is 7.04. The maximum Gasteiger partial charge on any atom is 0.458 e. The minimum absolute atomic E-state index is 3.72. The molecule has 0 nitrogen and oxygen atoms in total. The Morgan fingerprint density at radius 1 is 0.471 bits per heavy atom. The van der Waals surface area contributed by atoms with Crippen molar-refractivity contribution in [3.8, 4) is 0 Å². The first-order valence-corrected chi connectivity index (χ1v) is 4.02. The van der Waals surface area contributed by atoms with Gasteiger partial charge in [0.15, 0.2) is 0 Å². The molecule has 12 heteroatoms. The van der Waals surface area contributed by atoms with Crippen molar-refractivity contribution >= 4 is 23.2 Å². The monoisotopic (exact) mass is 320 g/mol. The lowest BCUT2D eigenvalue weighted by Gasteiger charge is -2.36. The van der Waals surface area contributed by atoms with E-state index in [1.807, 2.05) is 0 Å². The Morgan fingerprint density at radius 2 is 0.765 bits per heavy atom. The summed E-state index contributed by atoms with van der Waals surface area (Å²) in [6.45, 7) is 0. The lowest BCUT2D eigenvalue weighted by molar-refractivity contribution is -0.343. The highest BCUT2D eigenvalue weighted by Crippen LogP contribution is 2.59. The van der Waals surface area contributed by atoms with Gasteiger partial charge >= 0.3 is 28.5 Å². The van der Waals surface area contributed by atoms with Gasteiger partial charge in [-0.25, -0.2) is 8.78 Å². The molecule has 0 spiro atoms. The molecule has 0 N–H and O–H groups in total. The second kappa shape index (κ2) is 3.94. The van der Waals surface area contributed by atoms with Crippen LogP contribution in [0.5, 0.6) is 0 Å². The molecule has 2 unspecified atom stereocenters. The molecule has 0 heterocycles. The summed E-state index contributed by atoms with van der Waals surface area (Å²) in [7, 11) is 0. The van der Waals surface area contributed by atoms with Crippen molar-refractivity contribution in [1.29, 1.82) is 0 Å². The number of hydrogen-bond donors (Lipinski definition) is 0. The summed E-state index contributed by atoms with van der Waals surface area (Å²) in [5, 5.41) is -12.4. The van der Waals surface area contributed by atoms with Gasteiger partial charge in [0.2, 0.25) is 0 Å². The average molecular weight is 321 g/mol. The summed E-state index contributed by atoms with van der Waals surface area (Å²) in [4.78, 5) is 0. The van der Waals surface area contributed by atoms with Crippen LogP contribution >= 0.6 is 23.2 Å². The molecule has 0 aromatic heterocycles. The standard InChI is InChI=1S/C5Cl2F10/c6-1(8,2(7,9)4(12,13)14)3(10,11)5(15,16)17. The van der Waals surface area contributed by atoms with Gasteiger partial charge in [-0.3, -0.25) is 0 Å². The maximum absolute atomic E-state index is 12.7. The molecule has 17 heavy (non-hydrogen) atoms. The van der Waals surface area contributed by atoms with Crippen molar-refractivity contribution in [2.75, 3.05) is 0 Å². The van der Waals surface area contributed by atoms with Crippen molar-refractivity contribution < 1.29 is 43.9 Å². The first-order valence-electron chi connectivity index (χ1n) is 3.27. The molecular weight excluding hydrogens is 321 g/mol. The van der Waals surface area contributed by atoms with Crippen LogP contribution in [0.2, 0.25) is 0 Å². The Labute approximate surface area is 96.5 Å². The van der Waals surface area contributed by atoms with Crippen molar-refractivity contribution in [3.05, 3.63) is 0 Å². The van der Waals surface area contributed by atoms with Gasteiger partial charge < -0.3 is 0 Å². The van der Waals surface area contributed by atoms with E-state index in [4.69, 9.17) is 0 Å². The van der Waals surface area contributed by atoms with E-state index in [0.29, 0.717) is 0 Å². The Balaban J connectivity index is 5.73. The van der Waals surface area contributed by atoms with E-state index < -0.39 is 28.5 Å². The fraction of sp³-hybridized carbons (Fsp3) is 1.00. The Morgan fingerprint density at radius 3 is 0.941 bits per heavy atom. The van der Waals surface area contributed by atoms with E-state index in [1.165, 1.54) is 0 Å². The summed E-state index contributed by atoms with van der Waals surface area (Å²) in [5.74, 6) is -6.85. The molecule has 0 fully saturated rings. The minimum atomic E-state index is -6.86. The largest absolute Gasteiger partial charge is 0.458 e. The zero-order valence-corrected chi connectivity index (χ0v) is 8.55. The molecule has 0 rings (SSSR count). The lowest BCUT2D eigenvalue weighted by Crippen LogP contribution is -2.64. The Bertz CT molecular complexity index is 258. The molecule has 0 radical (unpaired) electrons. The van der Waals surface area contributed by atoms with Crippen LogP contribution in [0.25, 0.3) is 0 Å². The van der Waals surface area contributed by atoms with Gasteiger partial charge in [0, 0.05) is 0 Å². The normalized spacial score (nSPS) is 21.9. The molecule has 0 aliphatic rings. The quantitative estimate of drug-likeness (QED) is 0.517. The molecular formula is C5Cl2F10. The molecule has 0 amide bonds. The smallest absolute Gasteiger partial charge is 0.213 e. The van der Waals surface area contributed by atoms with E-state index in [1.54, 1.807) is 0 Å². The number of rotatable bonds is 2. The van der Waals surface area contributed by atoms with Crippen molar-refractivity contribution in [3.63, 3.8) is 0 Å². The van der Waals surface area contributed by atoms with E-state index in [9.17, 15) is 43.9 Å². The van der Waals surface area contributed by atoms with E-state index >= 15 is 0 Å². The van der Waals surface area contributed by atoms with Crippen LogP contribution in [-0.2, 0) is 0 Å². The molecule has 0 aromatic carbocycles. The summed E-state index contributed by atoms with van der Waals surface area (Å²) >= 11 is 7.44. The highest BCUT2D eigenvalue weighted by molar-refractivity contribution is 6.34. The van der Waals surface area contributed by atoms with Crippen LogP contribution < -0.4 is 0 Å². The van der Waals surface area contributed by atoms with E-state index in [0.717, 1.165) is 0 Å². The van der Waals surface area contributed by atoms with E-state index in [-0.39, 0.29) is 0 Å². The Kier molecular flexibility index (Phi) is 3.91. The van der Waals surface area contributed by atoms with Gasteiger partial charge in [-0.05, 0) is 0 Å². The predicted octanol–water partition coefficient (Wildman–Crippen LogP) is 4.56. The Hall–Kier alpha value is -0.120. The van der Waals surface area contributed by atoms with Gasteiger partial charge in [-0.1, -0.05) is 23.2 Å². The van der Waals surface area contributed by atoms with Crippen LogP contribution in [0.1, 0.15) is 0 Å². The van der Waals surface area contributed by atoms with Crippen LogP contribution in [-0.4, -0.2) is 28.5 Å². The van der Waals surface area contributed by atoms with Gasteiger partial charge in [0.25, 0.3) is 0 Å². The first kappa shape index (κ1) is 16.9. The van der Waals surface area contributed by atoms with Gasteiger partial charge in [-0.2, -0.15) is 35.1 Å². The van der Waals surface area contributed by atoms with Crippen molar-refractivity contribution in [1.82, 2.24) is 0 Å². The van der Waals surface area contributed by atoms with Crippen molar-refractivity contribution in [2.24, 2.45) is 0 Å². The van der Waals surface area contributed by atoms with Gasteiger partial charge in [0.05, 0.1) is 0 Å². The summed E-state index contributed by atoms with van der Waals surface area (Å²) in [6, 6.07) is 0. The third-order valence-corrected chi connectivity index (χ3v) is 2.57. The third-order valence-electron chi connectivity index (χ3n) is 1.50. The van der Waals surface area contributed by atoms with Crippen molar-refractivity contribution in [2.45, 2.75) is 28.5 Å². The van der Waals surface area contributed by atoms with E-state index in [2.05, 4.69) is 23.2 Å². The number of alkyl halides is 12. The second-order valence-electron chi connectivity index (χ2n) is 2.72. The molecule has 2 atom stereocenters. The summed E-state index contributed by atoms with van der Waals surface area (Å²) in [6.07, 6.45) is -13.4. The topological polar surface area (TPSA) is 0 Å². The highest BCUT2D eigenvalue weighted by atomic mass is 35.5. The second-order valence-corrected chi connectivity index (χ2v) is 3.76. The summed E-state index contributed by atoms with van der Waals surface area (Å²) < 4.78 is 120. The lowest BCUT2D eigenvalue weighted by atomic mass is 10.1.